The van der Waals surface area contributed by atoms with Crippen LogP contribution in [0.5, 0.6) is 5.75 Å². The summed E-state index contributed by atoms with van der Waals surface area (Å²) in [4.78, 5) is 14.5. The van der Waals surface area contributed by atoms with Crippen LogP contribution in [-0.2, 0) is 6.61 Å². The highest BCUT2D eigenvalue weighted by atomic mass is 35.5. The summed E-state index contributed by atoms with van der Waals surface area (Å²) in [5.74, 6) is -0.507. The minimum atomic E-state index is -0.328. The van der Waals surface area contributed by atoms with Crippen molar-refractivity contribution < 1.29 is 15.0 Å². The highest BCUT2D eigenvalue weighted by Gasteiger charge is 2.19. The van der Waals surface area contributed by atoms with Crippen LogP contribution in [0.15, 0.2) is 36.4 Å². The molecule has 2 aromatic rings. The summed E-state index contributed by atoms with van der Waals surface area (Å²) in [7, 11) is 3.82. The number of rotatable bonds is 4. The quantitative estimate of drug-likeness (QED) is 0.853. The van der Waals surface area contributed by atoms with E-state index in [-0.39, 0.29) is 28.7 Å². The van der Waals surface area contributed by atoms with Gasteiger partial charge in [-0.25, -0.2) is 0 Å². The topological polar surface area (TPSA) is 60.8 Å². The molecule has 0 atom stereocenters. The van der Waals surface area contributed by atoms with E-state index in [1.54, 1.807) is 12.1 Å². The number of nitrogens with zero attached hydrogens (tertiary/aromatic N) is 1. The second kappa shape index (κ2) is 6.16. The zero-order valence-corrected chi connectivity index (χ0v) is 12.6. The van der Waals surface area contributed by atoms with Crippen molar-refractivity contribution in [2.45, 2.75) is 6.61 Å². The Morgan fingerprint density at radius 3 is 2.29 bits per heavy atom. The third-order valence-corrected chi connectivity index (χ3v) is 3.63. The van der Waals surface area contributed by atoms with E-state index in [0.717, 1.165) is 5.69 Å². The molecular formula is C16H16ClNO3. The van der Waals surface area contributed by atoms with E-state index in [1.807, 2.05) is 31.1 Å². The number of aliphatic hydroxyl groups excluding tert-OH is 1. The lowest BCUT2D eigenvalue weighted by atomic mass is 9.98. The lowest BCUT2D eigenvalue weighted by Crippen LogP contribution is -2.10. The zero-order chi connectivity index (χ0) is 15.6. The number of ketones is 1. The van der Waals surface area contributed by atoms with Crippen molar-refractivity contribution in [2.75, 3.05) is 19.0 Å². The van der Waals surface area contributed by atoms with Gasteiger partial charge in [0.1, 0.15) is 5.75 Å². The zero-order valence-electron chi connectivity index (χ0n) is 11.8. The Hall–Kier alpha value is -2.04. The summed E-state index contributed by atoms with van der Waals surface area (Å²) in [5.41, 5.74) is 1.94. The van der Waals surface area contributed by atoms with Crippen LogP contribution in [0.25, 0.3) is 0 Å². The minimum Gasteiger partial charge on any atom is -0.506 e. The average molecular weight is 306 g/mol. The van der Waals surface area contributed by atoms with Gasteiger partial charge in [0.05, 0.1) is 17.2 Å². The molecule has 0 aromatic heterocycles. The van der Waals surface area contributed by atoms with E-state index in [1.165, 1.54) is 12.1 Å². The van der Waals surface area contributed by atoms with Gasteiger partial charge in [-0.3, -0.25) is 4.79 Å². The highest BCUT2D eigenvalue weighted by molar-refractivity contribution is 6.36. The lowest BCUT2D eigenvalue weighted by molar-refractivity contribution is 0.103. The first-order valence-corrected chi connectivity index (χ1v) is 6.76. The Morgan fingerprint density at radius 2 is 1.76 bits per heavy atom. The van der Waals surface area contributed by atoms with Crippen LogP contribution >= 0.6 is 11.6 Å². The molecular weight excluding hydrogens is 290 g/mol. The molecule has 0 saturated carbocycles. The van der Waals surface area contributed by atoms with Crippen molar-refractivity contribution in [3.05, 3.63) is 58.1 Å². The Kier molecular flexibility index (Phi) is 4.50. The first kappa shape index (κ1) is 15.4. The molecule has 2 rings (SSSR count). The highest BCUT2D eigenvalue weighted by Crippen LogP contribution is 2.32. The summed E-state index contributed by atoms with van der Waals surface area (Å²) in [6.07, 6.45) is 0. The Balaban J connectivity index is 2.47. The van der Waals surface area contributed by atoms with Crippen molar-refractivity contribution in [1.82, 2.24) is 0 Å². The van der Waals surface area contributed by atoms with Crippen LogP contribution in [-0.4, -0.2) is 30.1 Å². The SMILES string of the molecule is CN(C)c1ccc(C(=O)c2c(CO)ccc(O)c2Cl)cc1. The molecule has 2 N–H and O–H groups in total. The van der Waals surface area contributed by atoms with E-state index >= 15 is 0 Å². The van der Waals surface area contributed by atoms with Gasteiger partial charge in [-0.1, -0.05) is 17.7 Å². The molecule has 5 heteroatoms. The maximum atomic E-state index is 12.6. The standard InChI is InChI=1S/C16H16ClNO3/c1-18(2)12-6-3-10(4-7-12)16(21)14-11(9-19)5-8-13(20)15(14)17/h3-8,19-20H,9H2,1-2H3. The lowest BCUT2D eigenvalue weighted by Gasteiger charge is -2.13. The number of phenols is 1. The van der Waals surface area contributed by atoms with Crippen LogP contribution in [0.1, 0.15) is 21.5 Å². The van der Waals surface area contributed by atoms with Gasteiger partial charge in [0.2, 0.25) is 0 Å². The normalized spacial score (nSPS) is 10.5. The molecule has 0 saturated heterocycles. The van der Waals surface area contributed by atoms with E-state index in [2.05, 4.69) is 0 Å². The molecule has 0 spiro atoms. The van der Waals surface area contributed by atoms with Gasteiger partial charge in [0, 0.05) is 25.3 Å². The molecule has 4 nitrogen and oxygen atoms in total. The van der Waals surface area contributed by atoms with Gasteiger partial charge in [-0.2, -0.15) is 0 Å². The molecule has 110 valence electrons. The van der Waals surface area contributed by atoms with E-state index in [0.29, 0.717) is 11.1 Å². The molecule has 0 aliphatic carbocycles. The second-order valence-electron chi connectivity index (χ2n) is 4.86. The molecule has 0 aliphatic heterocycles. The number of hydrogen-bond donors (Lipinski definition) is 2. The van der Waals surface area contributed by atoms with Crippen molar-refractivity contribution in [2.24, 2.45) is 0 Å². The average Bonchev–Trinajstić information content (AvgIpc) is 2.49. The number of carbonyl (C=O) groups excluding carboxylic acids is 1. The van der Waals surface area contributed by atoms with Crippen molar-refractivity contribution >= 4 is 23.1 Å². The fourth-order valence-electron chi connectivity index (χ4n) is 2.04. The predicted molar refractivity (Wildman–Crippen MR) is 83.2 cm³/mol. The minimum absolute atomic E-state index is 0.0387. The maximum absolute atomic E-state index is 12.6. The third kappa shape index (κ3) is 3.01. The van der Waals surface area contributed by atoms with Crippen LogP contribution < -0.4 is 4.90 Å². The van der Waals surface area contributed by atoms with Crippen molar-refractivity contribution in [1.29, 1.82) is 0 Å². The van der Waals surface area contributed by atoms with E-state index in [4.69, 9.17) is 11.6 Å². The second-order valence-corrected chi connectivity index (χ2v) is 5.24. The summed E-state index contributed by atoms with van der Waals surface area (Å²) in [6, 6.07) is 9.88. The fourth-order valence-corrected chi connectivity index (χ4v) is 2.31. The van der Waals surface area contributed by atoms with Gasteiger partial charge in [0.15, 0.2) is 5.78 Å². The summed E-state index contributed by atoms with van der Waals surface area (Å²) in [6.45, 7) is -0.323. The van der Waals surface area contributed by atoms with Crippen molar-refractivity contribution in [3.8, 4) is 5.75 Å². The van der Waals surface area contributed by atoms with Gasteiger partial charge in [-0.15, -0.1) is 0 Å². The number of phenolic OH excluding ortho intramolecular Hbond substituents is 1. The van der Waals surface area contributed by atoms with Gasteiger partial charge >= 0.3 is 0 Å². The molecule has 0 amide bonds. The monoisotopic (exact) mass is 305 g/mol. The van der Waals surface area contributed by atoms with Gasteiger partial charge in [0.25, 0.3) is 0 Å². The summed E-state index contributed by atoms with van der Waals surface area (Å²) in [5, 5.41) is 19.0. The molecule has 21 heavy (non-hydrogen) atoms. The number of aromatic hydroxyl groups is 1. The molecule has 0 unspecified atom stereocenters. The molecule has 0 bridgehead atoms. The maximum Gasteiger partial charge on any atom is 0.195 e. The Morgan fingerprint density at radius 1 is 1.14 bits per heavy atom. The number of benzene rings is 2. The number of hydrogen-bond acceptors (Lipinski definition) is 4. The Labute approximate surface area is 128 Å². The number of carbonyl (C=O) groups is 1. The van der Waals surface area contributed by atoms with Crippen molar-refractivity contribution in [3.63, 3.8) is 0 Å². The van der Waals surface area contributed by atoms with Crippen LogP contribution in [0.4, 0.5) is 5.69 Å². The first-order chi connectivity index (χ1) is 9.95. The van der Waals surface area contributed by atoms with E-state index < -0.39 is 0 Å². The summed E-state index contributed by atoms with van der Waals surface area (Å²) < 4.78 is 0. The third-order valence-electron chi connectivity index (χ3n) is 3.25. The molecule has 0 radical (unpaired) electrons. The Bertz CT molecular complexity index is 666. The predicted octanol–water partition coefficient (Wildman–Crippen LogP) is 2.83. The summed E-state index contributed by atoms with van der Waals surface area (Å²) >= 11 is 6.01. The number of anilines is 1. The number of aliphatic hydroxyl groups is 1. The largest absolute Gasteiger partial charge is 0.506 e. The number of halogens is 1. The molecule has 0 fully saturated rings. The molecule has 0 aliphatic rings. The van der Waals surface area contributed by atoms with Gasteiger partial charge < -0.3 is 15.1 Å². The van der Waals surface area contributed by atoms with E-state index in [9.17, 15) is 15.0 Å². The van der Waals surface area contributed by atoms with Crippen LogP contribution in [0.2, 0.25) is 5.02 Å². The molecule has 0 heterocycles. The van der Waals surface area contributed by atoms with Gasteiger partial charge in [-0.05, 0) is 35.9 Å². The molecule has 2 aromatic carbocycles. The smallest absolute Gasteiger partial charge is 0.195 e. The van der Waals surface area contributed by atoms with Crippen LogP contribution in [0.3, 0.4) is 0 Å². The fraction of sp³-hybridized carbons (Fsp3) is 0.188. The first-order valence-electron chi connectivity index (χ1n) is 6.39. The van der Waals surface area contributed by atoms with Crippen LogP contribution in [0, 0.1) is 0 Å².